The lowest BCUT2D eigenvalue weighted by Gasteiger charge is -2.36. The van der Waals surface area contributed by atoms with Gasteiger partial charge in [0.2, 0.25) is 5.91 Å². The van der Waals surface area contributed by atoms with Gasteiger partial charge in [-0.15, -0.1) is 0 Å². The first-order valence-corrected chi connectivity index (χ1v) is 10.5. The summed E-state index contributed by atoms with van der Waals surface area (Å²) in [7, 11) is 0. The zero-order valence-electron chi connectivity index (χ0n) is 16.9. The molecule has 1 amide bonds. The molecule has 0 aliphatic carbocycles. The van der Waals surface area contributed by atoms with Crippen molar-refractivity contribution in [3.8, 4) is 6.07 Å². The number of thiazole rings is 1. The highest BCUT2D eigenvalue weighted by molar-refractivity contribution is 7.16. The third-order valence-electron chi connectivity index (χ3n) is 4.41. The van der Waals surface area contributed by atoms with Crippen LogP contribution in [-0.4, -0.2) is 51.1 Å². The minimum atomic E-state index is 0.0343. The average Bonchev–Trinajstić information content (AvgIpc) is 3.09. The maximum absolute atomic E-state index is 12.2. The van der Waals surface area contributed by atoms with Gasteiger partial charge in [-0.2, -0.15) is 5.26 Å². The first kappa shape index (κ1) is 21.0. The molecule has 0 aromatic carbocycles. The molecule has 0 spiro atoms. The number of aromatic nitrogens is 3. The van der Waals surface area contributed by atoms with Crippen LogP contribution in [0.5, 0.6) is 0 Å². The van der Waals surface area contributed by atoms with Gasteiger partial charge in [0, 0.05) is 18.7 Å². The molecule has 3 rings (SSSR count). The molecule has 1 aliphatic rings. The van der Waals surface area contributed by atoms with Gasteiger partial charge in [0.1, 0.15) is 28.4 Å². The van der Waals surface area contributed by atoms with Crippen molar-refractivity contribution in [2.45, 2.75) is 52.2 Å². The lowest BCUT2D eigenvalue weighted by molar-refractivity contribution is -0.123. The molecule has 9 nitrogen and oxygen atoms in total. The van der Waals surface area contributed by atoms with Crippen molar-refractivity contribution in [1.82, 2.24) is 25.2 Å². The number of carbonyl (C=O) groups excluding carboxylic acids is 1. The van der Waals surface area contributed by atoms with Gasteiger partial charge in [-0.3, -0.25) is 9.69 Å². The Hall–Kier alpha value is -2.77. The van der Waals surface area contributed by atoms with E-state index in [1.54, 1.807) is 0 Å². The van der Waals surface area contributed by atoms with E-state index in [2.05, 4.69) is 41.9 Å². The monoisotopic (exact) mass is 414 g/mol. The van der Waals surface area contributed by atoms with Crippen molar-refractivity contribution in [3.63, 3.8) is 0 Å². The maximum atomic E-state index is 12.2. The Morgan fingerprint density at radius 1 is 1.38 bits per heavy atom. The number of hydrogen-bond acceptors (Lipinski definition) is 9. The number of carbonyl (C=O) groups is 1. The first-order valence-electron chi connectivity index (χ1n) is 9.71. The third-order valence-corrected chi connectivity index (χ3v) is 5.23. The number of nitriles is 1. The van der Waals surface area contributed by atoms with Crippen LogP contribution in [0, 0.1) is 18.3 Å². The number of hydrogen-bond donors (Lipinski definition) is 3. The number of nitrogens with one attached hydrogen (secondary N) is 3. The van der Waals surface area contributed by atoms with E-state index in [-0.39, 0.29) is 18.1 Å². The molecule has 1 aliphatic heterocycles. The van der Waals surface area contributed by atoms with Crippen molar-refractivity contribution >= 4 is 34.0 Å². The number of rotatable bonds is 7. The number of piperidine rings is 1. The number of likely N-dealkylation sites (tertiary alicyclic amines) is 1. The van der Waals surface area contributed by atoms with Crippen LogP contribution in [0.15, 0.2) is 12.3 Å². The summed E-state index contributed by atoms with van der Waals surface area (Å²) in [5.74, 6) is 1.96. The van der Waals surface area contributed by atoms with Crippen LogP contribution in [0.3, 0.4) is 0 Å². The second-order valence-electron chi connectivity index (χ2n) is 7.30. The SMILES string of the molecule is Cc1nc(Nc2ncc(C#N)s2)cc(NC2CCCCN2CC(=O)NC(C)C)n1. The second kappa shape index (κ2) is 9.62. The molecular formula is C19H26N8OS. The van der Waals surface area contributed by atoms with Gasteiger partial charge in [0.15, 0.2) is 5.13 Å². The molecule has 1 saturated heterocycles. The van der Waals surface area contributed by atoms with Gasteiger partial charge < -0.3 is 16.0 Å². The van der Waals surface area contributed by atoms with Crippen LogP contribution in [0.4, 0.5) is 16.8 Å². The predicted molar refractivity (Wildman–Crippen MR) is 113 cm³/mol. The summed E-state index contributed by atoms with van der Waals surface area (Å²) in [6.07, 6.45) is 4.69. The van der Waals surface area contributed by atoms with E-state index < -0.39 is 0 Å². The Bertz CT molecular complexity index is 891. The van der Waals surface area contributed by atoms with E-state index in [0.29, 0.717) is 34.0 Å². The molecule has 3 heterocycles. The van der Waals surface area contributed by atoms with Gasteiger partial charge in [-0.1, -0.05) is 11.3 Å². The van der Waals surface area contributed by atoms with Crippen LogP contribution in [0.25, 0.3) is 0 Å². The summed E-state index contributed by atoms with van der Waals surface area (Å²) in [5, 5.41) is 19.1. The van der Waals surface area contributed by atoms with Gasteiger partial charge in [-0.25, -0.2) is 15.0 Å². The molecular weight excluding hydrogens is 388 g/mol. The van der Waals surface area contributed by atoms with E-state index in [4.69, 9.17) is 5.26 Å². The van der Waals surface area contributed by atoms with Crippen molar-refractivity contribution in [2.24, 2.45) is 0 Å². The molecule has 0 bridgehead atoms. The number of nitrogens with zero attached hydrogens (tertiary/aromatic N) is 5. The molecule has 29 heavy (non-hydrogen) atoms. The molecule has 10 heteroatoms. The fourth-order valence-corrected chi connectivity index (χ4v) is 3.89. The molecule has 2 aromatic rings. The Morgan fingerprint density at radius 2 is 2.17 bits per heavy atom. The fourth-order valence-electron chi connectivity index (χ4n) is 3.27. The summed E-state index contributed by atoms with van der Waals surface area (Å²) < 4.78 is 0. The third kappa shape index (κ3) is 6.10. The number of aryl methyl sites for hydroxylation is 1. The van der Waals surface area contributed by atoms with Gasteiger partial charge in [0.25, 0.3) is 0 Å². The standard InChI is InChI=1S/C19H26N8OS/c1-12(2)22-18(28)11-27-7-5-4-6-17(27)25-15-8-16(24-13(3)23-15)26-19-21-10-14(9-20)29-19/h8,10,12,17H,4-7,11H2,1-3H3,(H,22,28)(H2,21,23,24,25,26). The Morgan fingerprint density at radius 3 is 2.90 bits per heavy atom. The lowest BCUT2D eigenvalue weighted by Crippen LogP contribution is -2.49. The largest absolute Gasteiger partial charge is 0.354 e. The second-order valence-corrected chi connectivity index (χ2v) is 8.33. The van der Waals surface area contributed by atoms with E-state index in [0.717, 1.165) is 25.8 Å². The molecule has 1 atom stereocenters. The van der Waals surface area contributed by atoms with E-state index >= 15 is 0 Å². The summed E-state index contributed by atoms with van der Waals surface area (Å²) in [4.78, 5) is 28.0. The zero-order valence-corrected chi connectivity index (χ0v) is 17.7. The van der Waals surface area contributed by atoms with Crippen LogP contribution in [0.2, 0.25) is 0 Å². The summed E-state index contributed by atoms with van der Waals surface area (Å²) in [6.45, 7) is 6.98. The average molecular weight is 415 g/mol. The number of anilines is 3. The molecule has 154 valence electrons. The highest BCUT2D eigenvalue weighted by Crippen LogP contribution is 2.24. The van der Waals surface area contributed by atoms with Crippen LogP contribution in [0.1, 0.15) is 43.8 Å². The molecule has 3 N–H and O–H groups in total. The summed E-state index contributed by atoms with van der Waals surface area (Å²) in [6, 6.07) is 4.02. The molecule has 0 radical (unpaired) electrons. The highest BCUT2D eigenvalue weighted by atomic mass is 32.1. The van der Waals surface area contributed by atoms with E-state index in [9.17, 15) is 4.79 Å². The molecule has 1 unspecified atom stereocenters. The van der Waals surface area contributed by atoms with Gasteiger partial charge in [0.05, 0.1) is 18.9 Å². The normalized spacial score (nSPS) is 17.0. The zero-order chi connectivity index (χ0) is 20.8. The minimum Gasteiger partial charge on any atom is -0.354 e. The van der Waals surface area contributed by atoms with Crippen LogP contribution < -0.4 is 16.0 Å². The summed E-state index contributed by atoms with van der Waals surface area (Å²) >= 11 is 1.27. The predicted octanol–water partition coefficient (Wildman–Crippen LogP) is 2.61. The summed E-state index contributed by atoms with van der Waals surface area (Å²) in [5.41, 5.74) is 0. The highest BCUT2D eigenvalue weighted by Gasteiger charge is 2.25. The van der Waals surface area contributed by atoms with Crippen molar-refractivity contribution < 1.29 is 4.79 Å². The van der Waals surface area contributed by atoms with Crippen LogP contribution >= 0.6 is 11.3 Å². The maximum Gasteiger partial charge on any atom is 0.234 e. The van der Waals surface area contributed by atoms with Gasteiger partial charge in [-0.05, 0) is 40.0 Å². The van der Waals surface area contributed by atoms with Crippen molar-refractivity contribution in [1.29, 1.82) is 5.26 Å². The topological polar surface area (TPSA) is 119 Å². The molecule has 1 fully saturated rings. The van der Waals surface area contributed by atoms with Gasteiger partial charge >= 0.3 is 0 Å². The molecule has 2 aromatic heterocycles. The fraction of sp³-hybridized carbons (Fsp3) is 0.526. The van der Waals surface area contributed by atoms with Crippen LogP contribution in [-0.2, 0) is 4.79 Å². The molecule has 0 saturated carbocycles. The van der Waals surface area contributed by atoms with E-state index in [1.807, 2.05) is 26.8 Å². The van der Waals surface area contributed by atoms with Crippen molar-refractivity contribution in [3.05, 3.63) is 23.0 Å². The Labute approximate surface area is 174 Å². The lowest BCUT2D eigenvalue weighted by atomic mass is 10.1. The van der Waals surface area contributed by atoms with E-state index in [1.165, 1.54) is 17.5 Å². The smallest absolute Gasteiger partial charge is 0.234 e. The number of amides is 1. The first-order chi connectivity index (χ1) is 13.9. The van der Waals surface area contributed by atoms with Crippen molar-refractivity contribution in [2.75, 3.05) is 23.7 Å². The Balaban J connectivity index is 1.69. The Kier molecular flexibility index (Phi) is 6.95. The quantitative estimate of drug-likeness (QED) is 0.633. The minimum absolute atomic E-state index is 0.0343.